The smallest absolute Gasteiger partial charge is 0.195 e. The summed E-state index contributed by atoms with van der Waals surface area (Å²) in [7, 11) is 0. The standard InChI is InChI=1S/C16H21N3OS/c1-5-8-19-15(17-18-16(19)21)10-20-14-9-12(4)6-7-13(14)11(2)3/h5-7,9,11H,1,8,10H2,2-4H3,(H,18,21). The van der Waals surface area contributed by atoms with Gasteiger partial charge in [-0.15, -0.1) is 6.58 Å². The van der Waals surface area contributed by atoms with E-state index in [0.29, 0.717) is 23.8 Å². The zero-order chi connectivity index (χ0) is 15.4. The number of benzene rings is 1. The number of aryl methyl sites for hydroxylation is 1. The number of H-pyrrole nitrogens is 1. The molecule has 112 valence electrons. The number of aromatic amines is 1. The summed E-state index contributed by atoms with van der Waals surface area (Å²) in [6.07, 6.45) is 1.79. The predicted octanol–water partition coefficient (Wildman–Crippen LogP) is 4.14. The van der Waals surface area contributed by atoms with Gasteiger partial charge >= 0.3 is 0 Å². The van der Waals surface area contributed by atoms with E-state index in [1.54, 1.807) is 6.08 Å². The maximum atomic E-state index is 5.98. The van der Waals surface area contributed by atoms with Gasteiger partial charge in [-0.3, -0.25) is 9.67 Å². The normalized spacial score (nSPS) is 10.9. The first-order valence-corrected chi connectivity index (χ1v) is 7.42. The Bertz CT molecular complexity index is 685. The largest absolute Gasteiger partial charge is 0.485 e. The number of allylic oxidation sites excluding steroid dienone is 1. The molecule has 0 aliphatic heterocycles. The summed E-state index contributed by atoms with van der Waals surface area (Å²) in [5, 5.41) is 7.01. The van der Waals surface area contributed by atoms with Crippen molar-refractivity contribution in [2.45, 2.75) is 39.8 Å². The van der Waals surface area contributed by atoms with Gasteiger partial charge in [0.25, 0.3) is 0 Å². The molecular weight excluding hydrogens is 282 g/mol. The lowest BCUT2D eigenvalue weighted by atomic mass is 10.0. The third kappa shape index (κ3) is 3.61. The van der Waals surface area contributed by atoms with Crippen LogP contribution in [0.2, 0.25) is 0 Å². The highest BCUT2D eigenvalue weighted by molar-refractivity contribution is 7.71. The second-order valence-electron chi connectivity index (χ2n) is 5.33. The van der Waals surface area contributed by atoms with Crippen LogP contribution in [-0.4, -0.2) is 14.8 Å². The summed E-state index contributed by atoms with van der Waals surface area (Å²) in [5.74, 6) is 2.09. The molecule has 5 heteroatoms. The number of aromatic nitrogens is 3. The van der Waals surface area contributed by atoms with Crippen molar-refractivity contribution in [3.8, 4) is 5.75 Å². The van der Waals surface area contributed by atoms with Gasteiger partial charge < -0.3 is 4.74 Å². The lowest BCUT2D eigenvalue weighted by Gasteiger charge is -2.14. The van der Waals surface area contributed by atoms with Crippen LogP contribution in [0, 0.1) is 11.7 Å². The van der Waals surface area contributed by atoms with E-state index in [1.807, 2.05) is 4.57 Å². The molecule has 4 nitrogen and oxygen atoms in total. The second kappa shape index (κ2) is 6.72. The van der Waals surface area contributed by atoms with Crippen molar-refractivity contribution in [2.75, 3.05) is 0 Å². The molecule has 1 aromatic heterocycles. The Hall–Kier alpha value is -1.88. The molecule has 0 unspecified atom stereocenters. The fraction of sp³-hybridized carbons (Fsp3) is 0.375. The topological polar surface area (TPSA) is 42.8 Å². The zero-order valence-corrected chi connectivity index (χ0v) is 13.5. The minimum atomic E-state index is 0.379. The summed E-state index contributed by atoms with van der Waals surface area (Å²) in [5.41, 5.74) is 2.38. The van der Waals surface area contributed by atoms with E-state index in [0.717, 1.165) is 11.6 Å². The van der Waals surface area contributed by atoms with Gasteiger partial charge in [-0.1, -0.05) is 32.1 Å². The number of ether oxygens (including phenoxy) is 1. The number of rotatable bonds is 6. The Balaban J connectivity index is 2.22. The molecule has 0 bridgehead atoms. The van der Waals surface area contributed by atoms with E-state index in [-0.39, 0.29) is 0 Å². The molecular formula is C16H21N3OS. The molecule has 2 rings (SSSR count). The molecule has 0 radical (unpaired) electrons. The summed E-state index contributed by atoms with van der Waals surface area (Å²) in [6, 6.07) is 6.29. The van der Waals surface area contributed by atoms with Crippen LogP contribution in [0.5, 0.6) is 5.75 Å². The highest BCUT2D eigenvalue weighted by Gasteiger charge is 2.11. The average Bonchev–Trinajstić information content (AvgIpc) is 2.78. The van der Waals surface area contributed by atoms with Gasteiger partial charge in [-0.2, -0.15) is 5.10 Å². The maximum absolute atomic E-state index is 5.98. The van der Waals surface area contributed by atoms with Crippen LogP contribution in [0.4, 0.5) is 0 Å². The molecule has 1 heterocycles. The quantitative estimate of drug-likeness (QED) is 0.644. The molecule has 0 atom stereocenters. The van der Waals surface area contributed by atoms with Gasteiger partial charge in [-0.05, 0) is 42.3 Å². The average molecular weight is 303 g/mol. The molecule has 0 aliphatic carbocycles. The fourth-order valence-corrected chi connectivity index (χ4v) is 2.39. The lowest BCUT2D eigenvalue weighted by molar-refractivity contribution is 0.286. The summed E-state index contributed by atoms with van der Waals surface area (Å²) in [6.45, 7) is 11.1. The second-order valence-corrected chi connectivity index (χ2v) is 5.72. The summed E-state index contributed by atoms with van der Waals surface area (Å²) >= 11 is 5.20. The third-order valence-corrected chi connectivity index (χ3v) is 3.61. The van der Waals surface area contributed by atoms with Crippen LogP contribution in [0.3, 0.4) is 0 Å². The summed E-state index contributed by atoms with van der Waals surface area (Å²) < 4.78 is 8.45. The van der Waals surface area contributed by atoms with Gasteiger partial charge in [-0.25, -0.2) is 0 Å². The minimum Gasteiger partial charge on any atom is -0.485 e. The van der Waals surface area contributed by atoms with E-state index in [2.05, 4.69) is 55.7 Å². The molecule has 0 amide bonds. The van der Waals surface area contributed by atoms with Crippen LogP contribution in [0.1, 0.15) is 36.7 Å². The first-order chi connectivity index (χ1) is 10.0. The molecule has 1 N–H and O–H groups in total. The highest BCUT2D eigenvalue weighted by atomic mass is 32.1. The van der Waals surface area contributed by atoms with E-state index >= 15 is 0 Å². The first-order valence-electron chi connectivity index (χ1n) is 7.01. The monoisotopic (exact) mass is 303 g/mol. The lowest BCUT2D eigenvalue weighted by Crippen LogP contribution is -2.08. The molecule has 0 saturated carbocycles. The Labute approximate surface area is 130 Å². The fourth-order valence-electron chi connectivity index (χ4n) is 2.16. The van der Waals surface area contributed by atoms with Gasteiger partial charge in [0.1, 0.15) is 12.4 Å². The highest BCUT2D eigenvalue weighted by Crippen LogP contribution is 2.28. The Kier molecular flexibility index (Phi) is 4.96. The Morgan fingerprint density at radius 1 is 1.48 bits per heavy atom. The van der Waals surface area contributed by atoms with Gasteiger partial charge in [0.2, 0.25) is 0 Å². The van der Waals surface area contributed by atoms with Crippen LogP contribution >= 0.6 is 12.2 Å². The molecule has 1 aromatic carbocycles. The maximum Gasteiger partial charge on any atom is 0.195 e. The molecule has 0 spiro atoms. The minimum absolute atomic E-state index is 0.379. The summed E-state index contributed by atoms with van der Waals surface area (Å²) in [4.78, 5) is 0. The van der Waals surface area contributed by atoms with Gasteiger partial charge in [0, 0.05) is 6.54 Å². The Morgan fingerprint density at radius 2 is 2.24 bits per heavy atom. The van der Waals surface area contributed by atoms with Crippen molar-refractivity contribution in [1.82, 2.24) is 14.8 Å². The SMILES string of the molecule is C=CCn1c(COc2cc(C)ccc2C(C)C)n[nH]c1=S. The third-order valence-electron chi connectivity index (χ3n) is 3.30. The van der Waals surface area contributed by atoms with Crippen LogP contribution in [-0.2, 0) is 13.2 Å². The molecule has 2 aromatic rings. The number of hydrogen-bond donors (Lipinski definition) is 1. The molecule has 0 fully saturated rings. The van der Waals surface area contributed by atoms with E-state index in [9.17, 15) is 0 Å². The predicted molar refractivity (Wildman–Crippen MR) is 87.2 cm³/mol. The van der Waals surface area contributed by atoms with Gasteiger partial charge in [0.15, 0.2) is 10.6 Å². The van der Waals surface area contributed by atoms with E-state index in [1.165, 1.54) is 11.1 Å². The molecule has 0 aliphatic rings. The molecule has 21 heavy (non-hydrogen) atoms. The van der Waals surface area contributed by atoms with Crippen molar-refractivity contribution >= 4 is 12.2 Å². The number of nitrogens with one attached hydrogen (secondary N) is 1. The molecule has 0 saturated heterocycles. The first kappa shape index (κ1) is 15.5. The van der Waals surface area contributed by atoms with E-state index in [4.69, 9.17) is 17.0 Å². The van der Waals surface area contributed by atoms with Gasteiger partial charge in [0.05, 0.1) is 0 Å². The van der Waals surface area contributed by atoms with Crippen molar-refractivity contribution in [2.24, 2.45) is 0 Å². The van der Waals surface area contributed by atoms with Crippen molar-refractivity contribution in [1.29, 1.82) is 0 Å². The zero-order valence-electron chi connectivity index (χ0n) is 12.7. The van der Waals surface area contributed by atoms with Crippen molar-refractivity contribution < 1.29 is 4.74 Å². The van der Waals surface area contributed by atoms with Crippen LogP contribution in [0.15, 0.2) is 30.9 Å². The number of nitrogens with zero attached hydrogens (tertiary/aromatic N) is 2. The number of hydrogen-bond acceptors (Lipinski definition) is 3. The Morgan fingerprint density at radius 3 is 2.90 bits per heavy atom. The van der Waals surface area contributed by atoms with Crippen LogP contribution in [0.25, 0.3) is 0 Å². The van der Waals surface area contributed by atoms with Crippen molar-refractivity contribution in [3.05, 3.63) is 52.6 Å². The van der Waals surface area contributed by atoms with Crippen LogP contribution < -0.4 is 4.74 Å². The van der Waals surface area contributed by atoms with Crippen molar-refractivity contribution in [3.63, 3.8) is 0 Å². The van der Waals surface area contributed by atoms with E-state index < -0.39 is 0 Å².